The molecule has 14 nitrogen and oxygen atoms in total. The molecule has 1 rings (SSSR count). The van der Waals surface area contributed by atoms with Gasteiger partial charge >= 0.3 is 28.9 Å². The molecule has 1 aromatic heterocycles. The first kappa shape index (κ1) is 23.1. The molecule has 0 spiro atoms. The Hall–Kier alpha value is -0.910. The molecular weight excluding hydrogens is 421 g/mol. The van der Waals surface area contributed by atoms with E-state index in [1.807, 2.05) is 4.98 Å². The predicted octanol–water partition coefficient (Wildman–Crippen LogP) is -0.299. The van der Waals surface area contributed by atoms with Gasteiger partial charge in [0.1, 0.15) is 6.35 Å². The zero-order valence-corrected chi connectivity index (χ0v) is 15.9. The monoisotopic (exact) mass is 438 g/mol. The molecule has 3 unspecified atom stereocenters. The summed E-state index contributed by atoms with van der Waals surface area (Å²) >= 11 is 0. The molecule has 1 aromatic rings. The number of phosphoric acid groups is 2. The highest BCUT2D eigenvalue weighted by atomic mass is 31.3. The number of nitrogens with one attached hydrogen (secondary N) is 1. The molecule has 26 heavy (non-hydrogen) atoms. The highest BCUT2D eigenvalue weighted by molar-refractivity contribution is 7.68. The molecule has 3 atom stereocenters. The fraction of sp³-hybridized carbons (Fsp3) is 0.556. The van der Waals surface area contributed by atoms with Crippen molar-refractivity contribution >= 4 is 23.2 Å². The number of H-pyrrole nitrogens is 1. The Bertz CT molecular complexity index is 871. The van der Waals surface area contributed by atoms with Gasteiger partial charge in [0, 0.05) is 12.3 Å². The molecule has 0 aliphatic rings. The third kappa shape index (κ3) is 8.65. The molecule has 0 saturated heterocycles. The van der Waals surface area contributed by atoms with Crippen LogP contribution in [0.25, 0.3) is 0 Å². The molecule has 0 saturated carbocycles. The lowest BCUT2D eigenvalue weighted by Crippen LogP contribution is -2.33. The quantitative estimate of drug-likeness (QED) is 0.298. The first-order valence-corrected chi connectivity index (χ1v) is 11.6. The van der Waals surface area contributed by atoms with Gasteiger partial charge in [0.05, 0.1) is 12.6 Å². The Morgan fingerprint density at radius 3 is 2.27 bits per heavy atom. The Morgan fingerprint density at radius 2 is 1.77 bits per heavy atom. The van der Waals surface area contributed by atoms with Crippen molar-refractivity contribution in [3.05, 3.63) is 33.1 Å². The second-order valence-electron chi connectivity index (χ2n) is 4.85. The van der Waals surface area contributed by atoms with Crippen LogP contribution in [0, 0.1) is 0 Å². The number of nitrogens with zero attached hydrogens (tertiary/aromatic N) is 1. The summed E-state index contributed by atoms with van der Waals surface area (Å²) in [6.45, 7) is 1.49. The molecule has 0 fully saturated rings. The van der Waals surface area contributed by atoms with E-state index in [0.717, 1.165) is 10.6 Å². The van der Waals surface area contributed by atoms with E-state index in [1.54, 1.807) is 6.92 Å². The van der Waals surface area contributed by atoms with Crippen molar-refractivity contribution in [3.8, 4) is 0 Å². The number of hydrogen-bond donors (Lipinski definition) is 5. The maximum atomic E-state index is 11.7. The van der Waals surface area contributed by atoms with Gasteiger partial charge in [0.15, 0.2) is 0 Å². The van der Waals surface area contributed by atoms with Crippen LogP contribution in [0.3, 0.4) is 0 Å². The minimum absolute atomic E-state index is 0.123. The summed E-state index contributed by atoms with van der Waals surface area (Å²) in [6, 6.07) is 1.08. The van der Waals surface area contributed by atoms with E-state index in [1.165, 1.54) is 6.20 Å². The SMILES string of the molecule is CCC(Cn1ccc(=O)[nH]c1=O)OCP(=O)(O)OP(=O)(O)OP(=O)(O)O. The molecule has 1 heterocycles. The van der Waals surface area contributed by atoms with Gasteiger partial charge in [-0.2, -0.15) is 4.31 Å². The topological polar surface area (TPSA) is 215 Å². The van der Waals surface area contributed by atoms with Crippen LogP contribution in [0.5, 0.6) is 0 Å². The van der Waals surface area contributed by atoms with Crippen molar-refractivity contribution < 1.29 is 46.6 Å². The minimum atomic E-state index is -5.54. The molecular formula is C9H17N2O12P3. The molecule has 150 valence electrons. The number of hydrogen-bond acceptors (Lipinski definition) is 8. The zero-order valence-electron chi connectivity index (χ0n) is 13.2. The maximum absolute atomic E-state index is 11.7. The lowest BCUT2D eigenvalue weighted by Gasteiger charge is -2.20. The van der Waals surface area contributed by atoms with E-state index in [4.69, 9.17) is 19.4 Å². The fourth-order valence-corrected chi connectivity index (χ4v) is 4.98. The number of rotatable bonds is 10. The molecule has 17 heteroatoms. The number of aromatic amines is 1. The third-order valence-corrected chi connectivity index (χ3v) is 6.66. The van der Waals surface area contributed by atoms with Crippen LogP contribution in [-0.2, 0) is 33.6 Å². The Morgan fingerprint density at radius 1 is 1.15 bits per heavy atom. The highest BCUT2D eigenvalue weighted by Crippen LogP contribution is 2.65. The second-order valence-corrected chi connectivity index (χ2v) is 9.61. The number of aromatic nitrogens is 2. The summed E-state index contributed by atoms with van der Waals surface area (Å²) < 4.78 is 46.9. The Kier molecular flexibility index (Phi) is 7.88. The second kappa shape index (κ2) is 8.85. The van der Waals surface area contributed by atoms with Gasteiger partial charge in [0.25, 0.3) is 5.56 Å². The lowest BCUT2D eigenvalue weighted by atomic mass is 10.3. The molecule has 5 N–H and O–H groups in total. The third-order valence-electron chi connectivity index (χ3n) is 2.67. The van der Waals surface area contributed by atoms with Crippen LogP contribution >= 0.6 is 23.2 Å². The van der Waals surface area contributed by atoms with Gasteiger partial charge < -0.3 is 24.3 Å². The average Bonchev–Trinajstić information content (AvgIpc) is 2.41. The van der Waals surface area contributed by atoms with E-state index in [0.29, 0.717) is 0 Å². The summed E-state index contributed by atoms with van der Waals surface area (Å²) in [4.78, 5) is 60.0. The van der Waals surface area contributed by atoms with Crippen LogP contribution in [0.4, 0.5) is 0 Å². The molecule has 0 aromatic carbocycles. The van der Waals surface area contributed by atoms with Gasteiger partial charge in [-0.25, -0.2) is 18.2 Å². The van der Waals surface area contributed by atoms with Crippen LogP contribution in [0.2, 0.25) is 0 Å². The Balaban J connectivity index is 2.73. The fourth-order valence-electron chi connectivity index (χ4n) is 1.64. The van der Waals surface area contributed by atoms with Crippen molar-refractivity contribution in [1.82, 2.24) is 9.55 Å². The molecule has 0 bridgehead atoms. The zero-order chi connectivity index (χ0) is 20.2. The first-order valence-electron chi connectivity index (χ1n) is 6.77. The Labute approximate surface area is 145 Å². The van der Waals surface area contributed by atoms with Crippen molar-refractivity contribution in [2.75, 3.05) is 6.35 Å². The molecule has 0 aliphatic heterocycles. The van der Waals surface area contributed by atoms with Crippen LogP contribution in [0.1, 0.15) is 13.3 Å². The van der Waals surface area contributed by atoms with Gasteiger partial charge in [-0.05, 0) is 6.42 Å². The van der Waals surface area contributed by atoms with E-state index >= 15 is 0 Å². The lowest BCUT2D eigenvalue weighted by molar-refractivity contribution is 0.0581. The van der Waals surface area contributed by atoms with Gasteiger partial charge in [0.2, 0.25) is 0 Å². The van der Waals surface area contributed by atoms with E-state index in [9.17, 15) is 28.2 Å². The number of ether oxygens (including phenoxy) is 1. The standard InChI is InChI=1S/C9H17N2O12P3/c1-2-7(5-11-4-3-8(12)10-9(11)13)21-6-24(14,15)22-26(19,20)23-25(16,17)18/h3-4,7H,2,5-6H2,1H3,(H,14,15)(H,19,20)(H,10,12,13)(H2,16,17,18). The van der Waals surface area contributed by atoms with E-state index < -0.39 is 46.9 Å². The molecule has 0 aliphatic carbocycles. The summed E-state index contributed by atoms with van der Waals surface area (Å²) in [5, 5.41) is 0. The van der Waals surface area contributed by atoms with E-state index in [2.05, 4.69) is 8.62 Å². The summed E-state index contributed by atoms with van der Waals surface area (Å²) in [6.07, 6.45) is -0.540. The van der Waals surface area contributed by atoms with Gasteiger partial charge in [-0.3, -0.25) is 18.9 Å². The van der Waals surface area contributed by atoms with Crippen LogP contribution < -0.4 is 11.2 Å². The smallest absolute Gasteiger partial charge is 0.364 e. The summed E-state index contributed by atoms with van der Waals surface area (Å²) in [5.74, 6) is 0. The molecule has 0 radical (unpaired) electrons. The average molecular weight is 438 g/mol. The van der Waals surface area contributed by atoms with Crippen LogP contribution in [-0.4, -0.2) is 41.6 Å². The highest BCUT2D eigenvalue weighted by Gasteiger charge is 2.39. The molecule has 0 amide bonds. The largest absolute Gasteiger partial charge is 0.488 e. The van der Waals surface area contributed by atoms with E-state index in [-0.39, 0.29) is 13.0 Å². The minimum Gasteiger partial charge on any atom is -0.364 e. The van der Waals surface area contributed by atoms with Crippen molar-refractivity contribution in [2.45, 2.75) is 26.0 Å². The van der Waals surface area contributed by atoms with Crippen molar-refractivity contribution in [1.29, 1.82) is 0 Å². The van der Waals surface area contributed by atoms with Crippen LogP contribution in [0.15, 0.2) is 21.9 Å². The summed E-state index contributed by atoms with van der Waals surface area (Å²) in [5.41, 5.74) is -1.35. The van der Waals surface area contributed by atoms with Crippen molar-refractivity contribution in [3.63, 3.8) is 0 Å². The van der Waals surface area contributed by atoms with Crippen molar-refractivity contribution in [2.24, 2.45) is 0 Å². The maximum Gasteiger partial charge on any atom is 0.488 e. The first-order chi connectivity index (χ1) is 11.7. The normalized spacial score (nSPS) is 18.0. The van der Waals surface area contributed by atoms with Gasteiger partial charge in [-0.1, -0.05) is 6.92 Å². The summed E-state index contributed by atoms with van der Waals surface area (Å²) in [7, 11) is -15.9. The van der Waals surface area contributed by atoms with Gasteiger partial charge in [-0.15, -0.1) is 0 Å². The predicted molar refractivity (Wildman–Crippen MR) is 85.2 cm³/mol.